The SMILES string of the molecule is CC(C)(C)c1ccc2c(c1)C1(c3ccccc3-c3ccccc31)c1c-2cccc1N(c1ccc2c(c1)C(C)(C)c1ccccc1-2)c1ccccc1-c1ccccc1. The average Bonchev–Trinajstić information content (AvgIpc) is 3.80. The molecule has 3 aliphatic rings. The van der Waals surface area contributed by atoms with Crippen LogP contribution in [0.3, 0.4) is 0 Å². The summed E-state index contributed by atoms with van der Waals surface area (Å²) in [6.45, 7) is 11.8. The van der Waals surface area contributed by atoms with Crippen molar-refractivity contribution in [2.24, 2.45) is 0 Å². The molecule has 0 unspecified atom stereocenters. The zero-order chi connectivity index (χ0) is 38.7. The summed E-state index contributed by atoms with van der Waals surface area (Å²) in [6, 6.07) is 68.7. The van der Waals surface area contributed by atoms with Crippen LogP contribution in [0.15, 0.2) is 182 Å². The zero-order valence-corrected chi connectivity index (χ0v) is 33.3. The molecule has 8 aromatic rings. The van der Waals surface area contributed by atoms with E-state index in [1.807, 2.05) is 0 Å². The van der Waals surface area contributed by atoms with Gasteiger partial charge in [0.15, 0.2) is 0 Å². The quantitative estimate of drug-likeness (QED) is 0.174. The molecule has 0 aliphatic heterocycles. The molecule has 0 N–H and O–H groups in total. The van der Waals surface area contributed by atoms with Crippen molar-refractivity contribution in [1.29, 1.82) is 0 Å². The van der Waals surface area contributed by atoms with Gasteiger partial charge in [-0.15, -0.1) is 0 Å². The number of benzene rings is 8. The van der Waals surface area contributed by atoms with E-state index in [0.29, 0.717) is 0 Å². The van der Waals surface area contributed by atoms with Gasteiger partial charge in [0, 0.05) is 22.2 Å². The van der Waals surface area contributed by atoms with E-state index in [4.69, 9.17) is 0 Å². The number of nitrogens with zero attached hydrogens (tertiary/aromatic N) is 1. The monoisotopic (exact) mass is 731 g/mol. The molecule has 0 heterocycles. The third-order valence-electron chi connectivity index (χ3n) is 13.2. The largest absolute Gasteiger partial charge is 0.310 e. The van der Waals surface area contributed by atoms with E-state index in [2.05, 4.69) is 222 Å². The molecular weight excluding hydrogens is 687 g/mol. The maximum atomic E-state index is 2.59. The summed E-state index contributed by atoms with van der Waals surface area (Å²) in [5.74, 6) is 0. The van der Waals surface area contributed by atoms with Crippen LogP contribution in [0.1, 0.15) is 73.6 Å². The molecule has 1 nitrogen and oxygen atoms in total. The smallest absolute Gasteiger partial charge is 0.0746 e. The van der Waals surface area contributed by atoms with Crippen molar-refractivity contribution in [2.75, 3.05) is 4.90 Å². The van der Waals surface area contributed by atoms with E-state index in [0.717, 1.165) is 11.4 Å². The molecule has 0 bridgehead atoms. The first-order valence-electron chi connectivity index (χ1n) is 20.4. The lowest BCUT2D eigenvalue weighted by Crippen LogP contribution is -2.29. The second-order valence-electron chi connectivity index (χ2n) is 17.7. The van der Waals surface area contributed by atoms with Crippen LogP contribution in [0.5, 0.6) is 0 Å². The molecule has 0 amide bonds. The van der Waals surface area contributed by atoms with E-state index in [1.54, 1.807) is 0 Å². The third-order valence-corrected chi connectivity index (χ3v) is 13.2. The van der Waals surface area contributed by atoms with Crippen LogP contribution < -0.4 is 4.90 Å². The third kappa shape index (κ3) is 4.63. The van der Waals surface area contributed by atoms with Crippen LogP contribution in [0, 0.1) is 0 Å². The molecule has 0 radical (unpaired) electrons. The molecule has 3 aliphatic carbocycles. The van der Waals surface area contributed by atoms with Gasteiger partial charge in [0.1, 0.15) is 0 Å². The summed E-state index contributed by atoms with van der Waals surface area (Å²) in [7, 11) is 0. The second kappa shape index (κ2) is 12.0. The van der Waals surface area contributed by atoms with Gasteiger partial charge in [-0.3, -0.25) is 0 Å². The minimum absolute atomic E-state index is 0.0130. The Hall–Kier alpha value is -6.44. The second-order valence-corrected chi connectivity index (χ2v) is 17.7. The van der Waals surface area contributed by atoms with Crippen molar-refractivity contribution < 1.29 is 0 Å². The van der Waals surface area contributed by atoms with E-state index in [1.165, 1.54) is 89.1 Å². The van der Waals surface area contributed by atoms with Crippen molar-refractivity contribution in [3.8, 4) is 44.5 Å². The van der Waals surface area contributed by atoms with E-state index >= 15 is 0 Å². The van der Waals surface area contributed by atoms with Crippen LogP contribution in [0.2, 0.25) is 0 Å². The van der Waals surface area contributed by atoms with E-state index in [-0.39, 0.29) is 10.8 Å². The van der Waals surface area contributed by atoms with Gasteiger partial charge in [-0.1, -0.05) is 192 Å². The number of hydrogen-bond donors (Lipinski definition) is 0. The predicted molar refractivity (Wildman–Crippen MR) is 239 cm³/mol. The fraction of sp³-hybridized carbons (Fsp3) is 0.143. The fourth-order valence-electron chi connectivity index (χ4n) is 10.6. The van der Waals surface area contributed by atoms with E-state index < -0.39 is 5.41 Å². The highest BCUT2D eigenvalue weighted by Crippen LogP contribution is 2.66. The summed E-state index contributed by atoms with van der Waals surface area (Å²) < 4.78 is 0. The van der Waals surface area contributed by atoms with Crippen molar-refractivity contribution >= 4 is 17.1 Å². The molecule has 274 valence electrons. The van der Waals surface area contributed by atoms with Gasteiger partial charge in [0.05, 0.1) is 16.8 Å². The maximum Gasteiger partial charge on any atom is 0.0746 e. The van der Waals surface area contributed by atoms with Gasteiger partial charge in [-0.05, 0) is 102 Å². The summed E-state index contributed by atoms with van der Waals surface area (Å²) in [5.41, 5.74) is 22.7. The number of hydrogen-bond acceptors (Lipinski definition) is 1. The fourth-order valence-corrected chi connectivity index (χ4v) is 10.6. The highest BCUT2D eigenvalue weighted by atomic mass is 15.1. The number of anilines is 3. The average molecular weight is 732 g/mol. The van der Waals surface area contributed by atoms with Crippen molar-refractivity contribution in [3.05, 3.63) is 221 Å². The lowest BCUT2D eigenvalue weighted by Gasteiger charge is -2.37. The van der Waals surface area contributed by atoms with Crippen LogP contribution in [-0.4, -0.2) is 0 Å². The van der Waals surface area contributed by atoms with Gasteiger partial charge >= 0.3 is 0 Å². The Morgan fingerprint density at radius 2 is 0.895 bits per heavy atom. The summed E-state index contributed by atoms with van der Waals surface area (Å²) in [4.78, 5) is 2.59. The Morgan fingerprint density at radius 3 is 1.58 bits per heavy atom. The Balaban J connectivity index is 1.27. The van der Waals surface area contributed by atoms with Crippen molar-refractivity contribution in [3.63, 3.8) is 0 Å². The van der Waals surface area contributed by atoms with Gasteiger partial charge in [-0.2, -0.15) is 0 Å². The Kier molecular flexibility index (Phi) is 7.15. The highest BCUT2D eigenvalue weighted by Gasteiger charge is 2.53. The highest BCUT2D eigenvalue weighted by molar-refractivity contribution is 6.01. The predicted octanol–water partition coefficient (Wildman–Crippen LogP) is 14.8. The standard InChI is InChI=1S/C56H45N/c1-54(2,3)37-30-32-44-45-24-17-29-52(53(45)56(50(44)34-37)47-26-14-10-22-41(47)42-23-11-15-27-48(42)56)57(51-28-16-12-20-39(51)36-18-7-6-8-19-36)38-31-33-43-40-21-9-13-25-46(40)55(4,5)49(43)35-38/h6-35H,1-5H3. The normalized spacial score (nSPS) is 14.7. The molecule has 0 saturated heterocycles. The first-order valence-corrected chi connectivity index (χ1v) is 20.4. The van der Waals surface area contributed by atoms with Gasteiger partial charge in [0.25, 0.3) is 0 Å². The lowest BCUT2D eigenvalue weighted by atomic mass is 9.69. The molecule has 11 rings (SSSR count). The number of fused-ring (bicyclic) bond motifs is 13. The number of rotatable bonds is 4. The van der Waals surface area contributed by atoms with Gasteiger partial charge in [-0.25, -0.2) is 0 Å². The lowest BCUT2D eigenvalue weighted by molar-refractivity contribution is 0.588. The van der Waals surface area contributed by atoms with E-state index in [9.17, 15) is 0 Å². The summed E-state index contributed by atoms with van der Waals surface area (Å²) >= 11 is 0. The summed E-state index contributed by atoms with van der Waals surface area (Å²) in [6.07, 6.45) is 0. The molecule has 57 heavy (non-hydrogen) atoms. The molecule has 0 saturated carbocycles. The first-order chi connectivity index (χ1) is 27.7. The minimum Gasteiger partial charge on any atom is -0.310 e. The van der Waals surface area contributed by atoms with Crippen LogP contribution in [0.4, 0.5) is 17.1 Å². The Morgan fingerprint density at radius 1 is 0.386 bits per heavy atom. The van der Waals surface area contributed by atoms with Gasteiger partial charge in [0.2, 0.25) is 0 Å². The molecule has 0 fully saturated rings. The van der Waals surface area contributed by atoms with Gasteiger partial charge < -0.3 is 4.90 Å². The van der Waals surface area contributed by atoms with Crippen molar-refractivity contribution in [1.82, 2.24) is 0 Å². The Bertz CT molecular complexity index is 2880. The molecule has 1 heteroatoms. The topological polar surface area (TPSA) is 3.24 Å². The molecule has 0 aromatic heterocycles. The van der Waals surface area contributed by atoms with Crippen LogP contribution >= 0.6 is 0 Å². The molecule has 8 aromatic carbocycles. The first kappa shape index (κ1) is 33.9. The zero-order valence-electron chi connectivity index (χ0n) is 33.3. The molecule has 0 atom stereocenters. The Labute approximate surface area is 336 Å². The molecule has 1 spiro atoms. The minimum atomic E-state index is -0.526. The van der Waals surface area contributed by atoms with Crippen molar-refractivity contribution in [2.45, 2.75) is 50.9 Å². The number of para-hydroxylation sites is 1. The van der Waals surface area contributed by atoms with Crippen LogP contribution in [-0.2, 0) is 16.2 Å². The van der Waals surface area contributed by atoms with Crippen LogP contribution in [0.25, 0.3) is 44.5 Å². The maximum absolute atomic E-state index is 2.59. The molecular formula is C56H45N. The summed E-state index contributed by atoms with van der Waals surface area (Å²) in [5, 5.41) is 0.